The Bertz CT molecular complexity index is 814. The van der Waals surface area contributed by atoms with Crippen LogP contribution in [0.15, 0.2) is 66.9 Å². The first-order valence-electron chi connectivity index (χ1n) is 11.6. The van der Waals surface area contributed by atoms with Gasteiger partial charge in [-0.15, -0.1) is 0 Å². The van der Waals surface area contributed by atoms with Crippen molar-refractivity contribution < 1.29 is 14.6 Å². The molecule has 166 valence electrons. The highest BCUT2D eigenvalue weighted by Gasteiger charge is 2.45. The van der Waals surface area contributed by atoms with Gasteiger partial charge in [-0.1, -0.05) is 61.0 Å². The first-order chi connectivity index (χ1) is 15.3. The van der Waals surface area contributed by atoms with Crippen LogP contribution in [0.3, 0.4) is 0 Å². The molecule has 2 aromatic rings. The van der Waals surface area contributed by atoms with Crippen molar-refractivity contribution in [2.24, 2.45) is 5.92 Å². The number of hydrogen-bond acceptors (Lipinski definition) is 4. The molecule has 1 N–H and O–H groups in total. The van der Waals surface area contributed by atoms with E-state index in [1.54, 1.807) is 13.4 Å². The maximum absolute atomic E-state index is 10.9. The number of ether oxygens (including phenoxy) is 2. The number of aliphatic hydroxyl groups excluding tert-OH is 1. The van der Waals surface area contributed by atoms with Crippen LogP contribution < -0.4 is 0 Å². The van der Waals surface area contributed by atoms with Crippen molar-refractivity contribution in [3.63, 3.8) is 0 Å². The molecule has 0 unspecified atom stereocenters. The average molecular weight is 422 g/mol. The highest BCUT2D eigenvalue weighted by atomic mass is 16.5. The van der Waals surface area contributed by atoms with Gasteiger partial charge in [-0.3, -0.25) is 4.90 Å². The summed E-state index contributed by atoms with van der Waals surface area (Å²) in [4.78, 5) is 2.50. The molecule has 2 aromatic carbocycles. The summed E-state index contributed by atoms with van der Waals surface area (Å²) in [6, 6.07) is 19.2. The molecule has 0 bridgehead atoms. The van der Waals surface area contributed by atoms with E-state index in [-0.39, 0.29) is 24.2 Å². The Morgan fingerprint density at radius 2 is 1.68 bits per heavy atom. The Hall–Kier alpha value is -2.14. The highest BCUT2D eigenvalue weighted by molar-refractivity contribution is 5.63. The minimum Gasteiger partial charge on any atom is -0.505 e. The summed E-state index contributed by atoms with van der Waals surface area (Å²) in [6.45, 7) is 2.74. The van der Waals surface area contributed by atoms with Crippen LogP contribution in [0.2, 0.25) is 0 Å². The second-order valence-electron chi connectivity index (χ2n) is 8.81. The van der Waals surface area contributed by atoms with Crippen molar-refractivity contribution in [1.29, 1.82) is 0 Å². The maximum atomic E-state index is 10.9. The molecule has 1 aliphatic carbocycles. The lowest BCUT2D eigenvalue weighted by atomic mass is 9.94. The minimum absolute atomic E-state index is 0.0530. The van der Waals surface area contributed by atoms with E-state index in [1.807, 2.05) is 6.07 Å². The molecule has 4 heteroatoms. The highest BCUT2D eigenvalue weighted by Crippen LogP contribution is 2.37. The number of nitrogens with zero attached hydrogens (tertiary/aromatic N) is 1. The molecule has 1 saturated carbocycles. The first kappa shape index (κ1) is 22.1. The minimum atomic E-state index is -0.329. The molecular weight excluding hydrogens is 386 g/mol. The van der Waals surface area contributed by atoms with Gasteiger partial charge < -0.3 is 14.6 Å². The molecule has 1 heterocycles. The van der Waals surface area contributed by atoms with Gasteiger partial charge >= 0.3 is 0 Å². The van der Waals surface area contributed by atoms with Crippen molar-refractivity contribution in [3.05, 3.63) is 72.5 Å². The standard InChI is InChI=1S/C27H35NO3/c1-30-18-8-11-24-26(19-25(29)27(24)28-16-6-3-7-17-28)31-20-21-12-14-23(15-13-21)22-9-4-2-5-10-22/h2,4-5,8-10,12-15,18,24-27,29H,3,6-7,11,16-17,19-20H2,1H3/t24-,25+,26-,27+/m0/s1. The first-order valence-corrected chi connectivity index (χ1v) is 11.6. The molecular formula is C27H35NO3. The van der Waals surface area contributed by atoms with Crippen molar-refractivity contribution in [1.82, 2.24) is 4.90 Å². The Morgan fingerprint density at radius 1 is 0.968 bits per heavy atom. The van der Waals surface area contributed by atoms with E-state index >= 15 is 0 Å². The van der Waals surface area contributed by atoms with Gasteiger partial charge in [-0.2, -0.15) is 0 Å². The number of rotatable bonds is 8. The summed E-state index contributed by atoms with van der Waals surface area (Å²) in [5.74, 6) is 0.281. The van der Waals surface area contributed by atoms with Crippen LogP contribution in [-0.2, 0) is 16.1 Å². The number of methoxy groups -OCH3 is 1. The van der Waals surface area contributed by atoms with Gasteiger partial charge in [0.2, 0.25) is 0 Å². The molecule has 2 fully saturated rings. The lowest BCUT2D eigenvalue weighted by Crippen LogP contribution is -2.47. The molecule has 0 aromatic heterocycles. The van der Waals surface area contributed by atoms with Crippen molar-refractivity contribution in [2.45, 2.75) is 57.0 Å². The van der Waals surface area contributed by atoms with Crippen LogP contribution in [0.25, 0.3) is 11.1 Å². The van der Waals surface area contributed by atoms with Crippen molar-refractivity contribution in [3.8, 4) is 11.1 Å². The summed E-state index contributed by atoms with van der Waals surface area (Å²) in [6.07, 6.45) is 8.86. The Kier molecular flexibility index (Phi) is 7.79. The fourth-order valence-electron chi connectivity index (χ4n) is 5.21. The quantitative estimate of drug-likeness (QED) is 0.608. The second kappa shape index (κ2) is 10.9. The molecule has 1 aliphatic heterocycles. The van der Waals surface area contributed by atoms with Gasteiger partial charge in [0.05, 0.1) is 32.2 Å². The van der Waals surface area contributed by atoms with Crippen molar-refractivity contribution in [2.75, 3.05) is 20.2 Å². The van der Waals surface area contributed by atoms with E-state index in [9.17, 15) is 5.11 Å². The Labute approximate surface area is 186 Å². The number of allylic oxidation sites excluding steroid dienone is 1. The number of hydrogen-bond donors (Lipinski definition) is 1. The molecule has 4 atom stereocenters. The topological polar surface area (TPSA) is 41.9 Å². The number of piperidine rings is 1. The van der Waals surface area contributed by atoms with Gasteiger partial charge in [-0.05, 0) is 55.1 Å². The molecule has 4 rings (SSSR count). The van der Waals surface area contributed by atoms with Crippen LogP contribution >= 0.6 is 0 Å². The van der Waals surface area contributed by atoms with Gasteiger partial charge in [0.25, 0.3) is 0 Å². The molecule has 31 heavy (non-hydrogen) atoms. The van der Waals surface area contributed by atoms with Crippen LogP contribution in [0.4, 0.5) is 0 Å². The average Bonchev–Trinajstić information content (AvgIpc) is 3.14. The largest absolute Gasteiger partial charge is 0.505 e. The molecule has 1 saturated heterocycles. The smallest absolute Gasteiger partial charge is 0.0784 e. The van der Waals surface area contributed by atoms with E-state index in [4.69, 9.17) is 9.47 Å². The monoisotopic (exact) mass is 421 g/mol. The predicted octanol–water partition coefficient (Wildman–Crippen LogP) is 5.02. The van der Waals surface area contributed by atoms with E-state index in [0.29, 0.717) is 13.0 Å². The number of aliphatic hydroxyl groups is 1. The molecule has 0 amide bonds. The third-order valence-electron chi connectivity index (χ3n) is 6.76. The second-order valence-corrected chi connectivity index (χ2v) is 8.81. The summed E-state index contributed by atoms with van der Waals surface area (Å²) < 4.78 is 11.5. The zero-order valence-corrected chi connectivity index (χ0v) is 18.5. The summed E-state index contributed by atoms with van der Waals surface area (Å²) >= 11 is 0. The summed E-state index contributed by atoms with van der Waals surface area (Å²) in [7, 11) is 1.68. The van der Waals surface area contributed by atoms with E-state index in [1.165, 1.54) is 36.0 Å². The van der Waals surface area contributed by atoms with Crippen molar-refractivity contribution >= 4 is 0 Å². The van der Waals surface area contributed by atoms with Crippen LogP contribution in [0.5, 0.6) is 0 Å². The van der Waals surface area contributed by atoms with Gasteiger partial charge in [0, 0.05) is 18.4 Å². The fourth-order valence-corrected chi connectivity index (χ4v) is 5.21. The Balaban J connectivity index is 1.41. The van der Waals surface area contributed by atoms with E-state index in [2.05, 4.69) is 59.5 Å². The van der Waals surface area contributed by atoms with E-state index < -0.39 is 0 Å². The third-order valence-corrected chi connectivity index (χ3v) is 6.76. The molecule has 4 nitrogen and oxygen atoms in total. The summed E-state index contributed by atoms with van der Waals surface area (Å²) in [5.41, 5.74) is 3.61. The van der Waals surface area contributed by atoms with E-state index in [0.717, 1.165) is 19.5 Å². The van der Waals surface area contributed by atoms with Crippen LogP contribution in [0, 0.1) is 5.92 Å². The van der Waals surface area contributed by atoms with Crippen LogP contribution in [0.1, 0.15) is 37.7 Å². The lowest BCUT2D eigenvalue weighted by Gasteiger charge is -2.37. The molecule has 2 aliphatic rings. The normalized spacial score (nSPS) is 27.0. The van der Waals surface area contributed by atoms with Gasteiger partial charge in [-0.25, -0.2) is 0 Å². The molecule has 0 spiro atoms. The zero-order chi connectivity index (χ0) is 21.5. The number of likely N-dealkylation sites (tertiary alicyclic amines) is 1. The lowest BCUT2D eigenvalue weighted by molar-refractivity contribution is -0.00133. The van der Waals surface area contributed by atoms with Gasteiger partial charge in [0.1, 0.15) is 0 Å². The zero-order valence-electron chi connectivity index (χ0n) is 18.5. The third kappa shape index (κ3) is 5.57. The molecule has 0 radical (unpaired) electrons. The SMILES string of the molecule is COC=CC[C@@H]1[C@@H](N2CCCCC2)[C@H](O)C[C@@H]1OCc1ccc(-c2ccccc2)cc1. The summed E-state index contributed by atoms with van der Waals surface area (Å²) in [5, 5.41) is 10.9. The maximum Gasteiger partial charge on any atom is 0.0784 e. The fraction of sp³-hybridized carbons (Fsp3) is 0.481. The van der Waals surface area contributed by atoms with Gasteiger partial charge in [0.15, 0.2) is 0 Å². The Morgan fingerprint density at radius 3 is 2.39 bits per heavy atom. The van der Waals surface area contributed by atoms with Crippen LogP contribution in [-0.4, -0.2) is 48.5 Å². The number of benzene rings is 2. The predicted molar refractivity (Wildman–Crippen MR) is 125 cm³/mol.